The zero-order valence-electron chi connectivity index (χ0n) is 22.6. The molecule has 0 N–H and O–H groups in total. The first-order chi connectivity index (χ1) is 19.4. The lowest BCUT2D eigenvalue weighted by Crippen LogP contribution is -2.39. The van der Waals surface area contributed by atoms with Gasteiger partial charge in [0, 0.05) is 17.8 Å². The molecule has 8 heteroatoms. The molecule has 5 aromatic rings. The monoisotopic (exact) mass is 535 g/mol. The number of aromatic nitrogens is 2. The minimum atomic E-state index is -0.286. The Morgan fingerprint density at radius 2 is 1.88 bits per heavy atom. The lowest BCUT2D eigenvalue weighted by atomic mass is 10.1. The SMILES string of the molecule is CCc1cc2c(=O)c(Oc3cnn(-c4ccccc4)c3)c(C)oc2cc1OCC(=O)N1c2ccccc2C[C@H]1C. The molecular formula is C32H29N3O5. The Morgan fingerprint density at radius 3 is 2.67 bits per heavy atom. The second-order valence-electron chi connectivity index (χ2n) is 9.92. The normalized spacial score (nSPS) is 14.4. The fourth-order valence-electron chi connectivity index (χ4n) is 5.24. The fraction of sp³-hybridized carbons (Fsp3) is 0.219. The molecule has 0 spiro atoms. The number of hydrogen-bond donors (Lipinski definition) is 0. The van der Waals surface area contributed by atoms with Crippen molar-refractivity contribution < 1.29 is 18.7 Å². The van der Waals surface area contributed by atoms with Crippen molar-refractivity contribution in [3.8, 4) is 22.9 Å². The minimum absolute atomic E-state index is 0.0645. The summed E-state index contributed by atoms with van der Waals surface area (Å²) in [5, 5.41) is 4.72. The van der Waals surface area contributed by atoms with Crippen LogP contribution >= 0.6 is 0 Å². The van der Waals surface area contributed by atoms with Gasteiger partial charge < -0.3 is 18.8 Å². The number of rotatable bonds is 7. The zero-order valence-corrected chi connectivity index (χ0v) is 22.6. The number of benzene rings is 3. The lowest BCUT2D eigenvalue weighted by molar-refractivity contribution is -0.120. The van der Waals surface area contributed by atoms with Crippen LogP contribution in [-0.2, 0) is 17.6 Å². The fourth-order valence-corrected chi connectivity index (χ4v) is 5.24. The van der Waals surface area contributed by atoms with Gasteiger partial charge in [-0.15, -0.1) is 0 Å². The molecule has 1 aliphatic heterocycles. The molecule has 8 nitrogen and oxygen atoms in total. The van der Waals surface area contributed by atoms with Gasteiger partial charge in [0.2, 0.25) is 11.2 Å². The van der Waals surface area contributed by atoms with Gasteiger partial charge in [0.25, 0.3) is 5.91 Å². The van der Waals surface area contributed by atoms with E-state index in [-0.39, 0.29) is 29.7 Å². The van der Waals surface area contributed by atoms with Gasteiger partial charge in [0.1, 0.15) is 17.1 Å². The van der Waals surface area contributed by atoms with Crippen molar-refractivity contribution in [1.29, 1.82) is 0 Å². The standard InChI is InChI=1S/C32H29N3O5/c1-4-22-15-26-29(16-28(22)38-19-30(36)35-20(2)14-23-10-8-9-13-27(23)35)39-21(3)32(31(26)37)40-25-17-33-34(18-25)24-11-6-5-7-12-24/h5-13,15-18,20H,4,14,19H2,1-3H3/t20-/m1/s1. The summed E-state index contributed by atoms with van der Waals surface area (Å²) < 4.78 is 19.7. The molecule has 3 aromatic carbocycles. The van der Waals surface area contributed by atoms with Crippen molar-refractivity contribution in [3.05, 3.63) is 106 Å². The number of hydrogen-bond acceptors (Lipinski definition) is 6. The van der Waals surface area contributed by atoms with Crippen LogP contribution < -0.4 is 19.8 Å². The number of carbonyl (C=O) groups excluding carboxylic acids is 1. The molecule has 0 aliphatic carbocycles. The molecule has 2 aromatic heterocycles. The van der Waals surface area contributed by atoms with Gasteiger partial charge in [-0.1, -0.05) is 43.3 Å². The number of amides is 1. The first-order valence-corrected chi connectivity index (χ1v) is 13.3. The first kappa shape index (κ1) is 25.4. The maximum Gasteiger partial charge on any atom is 0.265 e. The van der Waals surface area contributed by atoms with E-state index in [9.17, 15) is 9.59 Å². The third-order valence-corrected chi connectivity index (χ3v) is 7.20. The molecule has 1 atom stereocenters. The summed E-state index contributed by atoms with van der Waals surface area (Å²) in [5.41, 5.74) is 3.85. The van der Waals surface area contributed by atoms with Crippen LogP contribution in [0, 0.1) is 6.92 Å². The molecule has 0 saturated carbocycles. The second-order valence-corrected chi connectivity index (χ2v) is 9.92. The molecule has 1 amide bonds. The highest BCUT2D eigenvalue weighted by atomic mass is 16.5. The van der Waals surface area contributed by atoms with Gasteiger partial charge >= 0.3 is 0 Å². The number of nitrogens with zero attached hydrogens (tertiary/aromatic N) is 3. The van der Waals surface area contributed by atoms with Crippen LogP contribution in [-0.4, -0.2) is 28.3 Å². The van der Waals surface area contributed by atoms with Crippen molar-refractivity contribution in [1.82, 2.24) is 9.78 Å². The number of anilines is 1. The van der Waals surface area contributed by atoms with E-state index in [0.717, 1.165) is 28.9 Å². The molecule has 40 heavy (non-hydrogen) atoms. The number of para-hydroxylation sites is 2. The summed E-state index contributed by atoms with van der Waals surface area (Å²) in [6, 6.07) is 21.1. The summed E-state index contributed by atoms with van der Waals surface area (Å²) >= 11 is 0. The maximum atomic E-state index is 13.5. The Hall–Kier alpha value is -4.85. The summed E-state index contributed by atoms with van der Waals surface area (Å²) in [5.74, 6) is 1.26. The predicted molar refractivity (Wildman–Crippen MR) is 153 cm³/mol. The van der Waals surface area contributed by atoms with Crippen LogP contribution in [0.15, 0.2) is 88.3 Å². The van der Waals surface area contributed by atoms with Crippen LogP contribution in [0.3, 0.4) is 0 Å². The van der Waals surface area contributed by atoms with Crippen molar-refractivity contribution in [2.75, 3.05) is 11.5 Å². The molecule has 1 aliphatic rings. The van der Waals surface area contributed by atoms with E-state index in [0.29, 0.717) is 34.6 Å². The third-order valence-electron chi connectivity index (χ3n) is 7.20. The predicted octanol–water partition coefficient (Wildman–Crippen LogP) is 6.00. The van der Waals surface area contributed by atoms with Crippen LogP contribution in [0.2, 0.25) is 0 Å². The van der Waals surface area contributed by atoms with Crippen molar-refractivity contribution in [2.24, 2.45) is 0 Å². The largest absolute Gasteiger partial charge is 0.483 e. The van der Waals surface area contributed by atoms with Crippen LogP contribution in [0.5, 0.6) is 17.2 Å². The van der Waals surface area contributed by atoms with Crippen LogP contribution in [0.1, 0.15) is 30.7 Å². The van der Waals surface area contributed by atoms with Gasteiger partial charge in [-0.05, 0) is 62.1 Å². The average Bonchev–Trinajstić information content (AvgIpc) is 3.57. The maximum absolute atomic E-state index is 13.5. The Bertz CT molecular complexity index is 1770. The van der Waals surface area contributed by atoms with Gasteiger partial charge in [-0.25, -0.2) is 4.68 Å². The summed E-state index contributed by atoms with van der Waals surface area (Å²) in [6.45, 7) is 5.57. The number of aryl methyl sites for hydroxylation is 2. The van der Waals surface area contributed by atoms with Gasteiger partial charge in [0.05, 0.1) is 23.5 Å². The molecule has 0 fully saturated rings. The molecule has 202 valence electrons. The highest BCUT2D eigenvalue weighted by Gasteiger charge is 2.31. The second kappa shape index (κ2) is 10.4. The Labute approximate surface area is 231 Å². The summed E-state index contributed by atoms with van der Waals surface area (Å²) in [6.07, 6.45) is 4.69. The topological polar surface area (TPSA) is 86.8 Å². The van der Waals surface area contributed by atoms with Gasteiger partial charge in [-0.2, -0.15) is 5.10 Å². The van der Waals surface area contributed by atoms with Crippen LogP contribution in [0.25, 0.3) is 16.7 Å². The highest BCUT2D eigenvalue weighted by molar-refractivity contribution is 5.97. The van der Waals surface area contributed by atoms with Gasteiger partial charge in [0.15, 0.2) is 12.4 Å². The van der Waals surface area contributed by atoms with Crippen molar-refractivity contribution in [2.45, 2.75) is 39.7 Å². The first-order valence-electron chi connectivity index (χ1n) is 13.3. The molecule has 0 saturated heterocycles. The Kier molecular flexibility index (Phi) is 6.59. The molecule has 0 radical (unpaired) electrons. The molecular weight excluding hydrogens is 506 g/mol. The summed E-state index contributed by atoms with van der Waals surface area (Å²) in [4.78, 5) is 28.5. The van der Waals surface area contributed by atoms with E-state index in [2.05, 4.69) is 11.2 Å². The zero-order chi connectivity index (χ0) is 27.8. The third kappa shape index (κ3) is 4.62. The van der Waals surface area contributed by atoms with Crippen molar-refractivity contribution in [3.63, 3.8) is 0 Å². The number of ether oxygens (including phenoxy) is 2. The number of carbonyl (C=O) groups is 1. The molecule has 3 heterocycles. The van der Waals surface area contributed by atoms with E-state index in [1.807, 2.05) is 62.4 Å². The van der Waals surface area contributed by atoms with E-state index in [1.54, 1.807) is 41.0 Å². The van der Waals surface area contributed by atoms with E-state index in [4.69, 9.17) is 13.9 Å². The molecule has 0 bridgehead atoms. The van der Waals surface area contributed by atoms with Crippen molar-refractivity contribution >= 4 is 22.6 Å². The van der Waals surface area contributed by atoms with Crippen LogP contribution in [0.4, 0.5) is 5.69 Å². The average molecular weight is 536 g/mol. The van der Waals surface area contributed by atoms with Gasteiger partial charge in [-0.3, -0.25) is 9.59 Å². The minimum Gasteiger partial charge on any atom is -0.483 e. The number of fused-ring (bicyclic) bond motifs is 2. The molecule has 6 rings (SSSR count). The lowest BCUT2D eigenvalue weighted by Gasteiger charge is -2.23. The Balaban J connectivity index is 1.25. The summed E-state index contributed by atoms with van der Waals surface area (Å²) in [7, 11) is 0. The van der Waals surface area contributed by atoms with E-state index < -0.39 is 0 Å². The van der Waals surface area contributed by atoms with E-state index in [1.165, 1.54) is 0 Å². The quantitative estimate of drug-likeness (QED) is 0.254. The van der Waals surface area contributed by atoms with E-state index >= 15 is 0 Å². The molecule has 0 unspecified atom stereocenters. The smallest absolute Gasteiger partial charge is 0.265 e. The highest BCUT2D eigenvalue weighted by Crippen LogP contribution is 2.33. The Morgan fingerprint density at radius 1 is 1.10 bits per heavy atom.